The van der Waals surface area contributed by atoms with Crippen LogP contribution in [-0.2, 0) is 9.59 Å². The molecule has 1 saturated heterocycles. The van der Waals surface area contributed by atoms with Crippen molar-refractivity contribution in [2.75, 3.05) is 12.4 Å². The summed E-state index contributed by atoms with van der Waals surface area (Å²) in [6.07, 6.45) is 0.134. The van der Waals surface area contributed by atoms with E-state index in [1.807, 2.05) is 6.07 Å². The van der Waals surface area contributed by atoms with Crippen molar-refractivity contribution in [3.05, 3.63) is 29.8 Å². The maximum Gasteiger partial charge on any atom is 0.251 e. The van der Waals surface area contributed by atoms with Crippen LogP contribution in [0.15, 0.2) is 24.3 Å². The molecule has 1 aliphatic rings. The highest BCUT2D eigenvalue weighted by molar-refractivity contribution is 6.06. The average Bonchev–Trinajstić information content (AvgIpc) is 2.58. The van der Waals surface area contributed by atoms with Gasteiger partial charge in [0.1, 0.15) is 12.1 Å². The molecule has 1 heterocycles. The van der Waals surface area contributed by atoms with Gasteiger partial charge in [0.05, 0.1) is 17.7 Å². The molecule has 1 atom stereocenters. The van der Waals surface area contributed by atoms with Crippen LogP contribution in [0.4, 0.5) is 5.69 Å². The van der Waals surface area contributed by atoms with Gasteiger partial charge in [0.25, 0.3) is 5.91 Å². The van der Waals surface area contributed by atoms with Gasteiger partial charge in [-0.2, -0.15) is 5.26 Å². The second-order valence-electron chi connectivity index (χ2n) is 3.85. The Labute approximate surface area is 98.6 Å². The molecule has 2 amide bonds. The predicted octanol–water partition coefficient (Wildman–Crippen LogP) is 0.727. The van der Waals surface area contributed by atoms with E-state index < -0.39 is 6.04 Å². The summed E-state index contributed by atoms with van der Waals surface area (Å²) in [5, 5.41) is 11.8. The lowest BCUT2D eigenvalue weighted by molar-refractivity contribution is -0.136. The third-order valence-electron chi connectivity index (χ3n) is 2.76. The molecular weight excluding hydrogens is 218 g/mol. The van der Waals surface area contributed by atoms with Gasteiger partial charge in [0, 0.05) is 7.05 Å². The normalized spacial score (nSPS) is 19.3. The standard InChI is InChI=1S/C12H11N3O2/c1-15-11(16)6-10(12(15)17)14-9-5-3-2-4-8(9)7-13/h2-5,10,14H,6H2,1H3. The molecule has 0 saturated carbocycles. The number of anilines is 1. The van der Waals surface area contributed by atoms with Crippen LogP contribution in [0, 0.1) is 11.3 Å². The maximum atomic E-state index is 11.7. The molecule has 0 aromatic heterocycles. The summed E-state index contributed by atoms with van der Waals surface area (Å²) < 4.78 is 0. The maximum absolute atomic E-state index is 11.7. The Morgan fingerprint density at radius 1 is 1.41 bits per heavy atom. The molecule has 0 radical (unpaired) electrons. The van der Waals surface area contributed by atoms with Crippen molar-refractivity contribution in [3.63, 3.8) is 0 Å². The van der Waals surface area contributed by atoms with Crippen molar-refractivity contribution in [1.82, 2.24) is 4.90 Å². The Hall–Kier alpha value is -2.35. The van der Waals surface area contributed by atoms with Crippen molar-refractivity contribution in [1.29, 1.82) is 5.26 Å². The minimum Gasteiger partial charge on any atom is -0.372 e. The molecular formula is C12H11N3O2. The summed E-state index contributed by atoms with van der Waals surface area (Å²) in [6, 6.07) is 8.36. The first-order valence-corrected chi connectivity index (χ1v) is 5.19. The van der Waals surface area contributed by atoms with Crippen LogP contribution in [0.2, 0.25) is 0 Å². The van der Waals surface area contributed by atoms with Crippen LogP contribution < -0.4 is 5.32 Å². The van der Waals surface area contributed by atoms with Gasteiger partial charge >= 0.3 is 0 Å². The van der Waals surface area contributed by atoms with E-state index >= 15 is 0 Å². The number of amides is 2. The van der Waals surface area contributed by atoms with Gasteiger partial charge in [0.2, 0.25) is 5.91 Å². The fraction of sp³-hybridized carbons (Fsp3) is 0.250. The molecule has 0 aliphatic carbocycles. The minimum atomic E-state index is -0.568. The first kappa shape index (κ1) is 11.1. The summed E-state index contributed by atoms with van der Waals surface area (Å²) >= 11 is 0. The number of nitrogens with zero attached hydrogens (tertiary/aromatic N) is 2. The minimum absolute atomic E-state index is 0.134. The number of nitrogens with one attached hydrogen (secondary N) is 1. The second-order valence-corrected chi connectivity index (χ2v) is 3.85. The molecule has 5 nitrogen and oxygen atoms in total. The summed E-state index contributed by atoms with van der Waals surface area (Å²) in [5.74, 6) is -0.468. The van der Waals surface area contributed by atoms with Crippen LogP contribution in [0.3, 0.4) is 0 Å². The Morgan fingerprint density at radius 3 is 2.71 bits per heavy atom. The molecule has 0 spiro atoms. The number of hydrogen-bond donors (Lipinski definition) is 1. The number of imide groups is 1. The molecule has 1 N–H and O–H groups in total. The summed E-state index contributed by atoms with van der Waals surface area (Å²) in [4.78, 5) is 24.1. The summed E-state index contributed by atoms with van der Waals surface area (Å²) in [6.45, 7) is 0. The zero-order chi connectivity index (χ0) is 12.4. The molecule has 0 bridgehead atoms. The molecule has 1 aliphatic heterocycles. The second kappa shape index (κ2) is 4.26. The Balaban J connectivity index is 2.20. The topological polar surface area (TPSA) is 73.2 Å². The summed E-state index contributed by atoms with van der Waals surface area (Å²) in [7, 11) is 1.46. The van der Waals surface area contributed by atoms with E-state index in [0.29, 0.717) is 11.3 Å². The van der Waals surface area contributed by atoms with E-state index in [4.69, 9.17) is 5.26 Å². The zero-order valence-corrected chi connectivity index (χ0v) is 9.30. The number of likely N-dealkylation sites (N-methyl/N-ethyl adjacent to an activating group) is 1. The van der Waals surface area contributed by atoms with Gasteiger partial charge in [-0.05, 0) is 12.1 Å². The quantitative estimate of drug-likeness (QED) is 0.759. The molecule has 17 heavy (non-hydrogen) atoms. The molecule has 2 rings (SSSR count). The fourth-order valence-corrected chi connectivity index (χ4v) is 1.76. The number of carbonyl (C=O) groups excluding carboxylic acids is 2. The molecule has 86 valence electrons. The first-order valence-electron chi connectivity index (χ1n) is 5.19. The predicted molar refractivity (Wildman–Crippen MR) is 61.0 cm³/mol. The highest BCUT2D eigenvalue weighted by Gasteiger charge is 2.36. The number of nitriles is 1. The summed E-state index contributed by atoms with van der Waals surface area (Å²) in [5.41, 5.74) is 1.04. The monoisotopic (exact) mass is 229 g/mol. The van der Waals surface area contributed by atoms with Crippen LogP contribution in [0.1, 0.15) is 12.0 Å². The van der Waals surface area contributed by atoms with Crippen LogP contribution in [-0.4, -0.2) is 29.8 Å². The number of benzene rings is 1. The van der Waals surface area contributed by atoms with E-state index in [-0.39, 0.29) is 18.2 Å². The van der Waals surface area contributed by atoms with E-state index in [1.54, 1.807) is 24.3 Å². The van der Waals surface area contributed by atoms with Gasteiger partial charge in [-0.25, -0.2) is 0 Å². The van der Waals surface area contributed by atoms with Crippen molar-refractivity contribution in [2.24, 2.45) is 0 Å². The van der Waals surface area contributed by atoms with E-state index in [0.717, 1.165) is 4.90 Å². The third kappa shape index (κ3) is 1.97. The van der Waals surface area contributed by atoms with Crippen LogP contribution >= 0.6 is 0 Å². The average molecular weight is 229 g/mol. The smallest absolute Gasteiger partial charge is 0.251 e. The van der Waals surface area contributed by atoms with Gasteiger partial charge in [-0.15, -0.1) is 0 Å². The lowest BCUT2D eigenvalue weighted by Gasteiger charge is -2.13. The highest BCUT2D eigenvalue weighted by Crippen LogP contribution is 2.19. The molecule has 5 heteroatoms. The number of rotatable bonds is 2. The van der Waals surface area contributed by atoms with Gasteiger partial charge in [0.15, 0.2) is 0 Å². The van der Waals surface area contributed by atoms with Crippen LogP contribution in [0.25, 0.3) is 0 Å². The van der Waals surface area contributed by atoms with Gasteiger partial charge < -0.3 is 5.32 Å². The number of carbonyl (C=O) groups is 2. The van der Waals surface area contributed by atoms with Crippen molar-refractivity contribution < 1.29 is 9.59 Å². The molecule has 1 unspecified atom stereocenters. The lowest BCUT2D eigenvalue weighted by Crippen LogP contribution is -2.31. The van der Waals surface area contributed by atoms with Gasteiger partial charge in [-0.3, -0.25) is 14.5 Å². The number of hydrogen-bond acceptors (Lipinski definition) is 4. The van der Waals surface area contributed by atoms with Crippen molar-refractivity contribution >= 4 is 17.5 Å². The molecule has 1 fully saturated rings. The number of para-hydroxylation sites is 1. The van der Waals surface area contributed by atoms with Crippen molar-refractivity contribution in [2.45, 2.75) is 12.5 Å². The van der Waals surface area contributed by atoms with E-state index in [2.05, 4.69) is 5.32 Å². The number of likely N-dealkylation sites (tertiary alicyclic amines) is 1. The third-order valence-corrected chi connectivity index (χ3v) is 2.76. The van der Waals surface area contributed by atoms with Crippen molar-refractivity contribution in [3.8, 4) is 6.07 Å². The highest BCUT2D eigenvalue weighted by atomic mass is 16.2. The van der Waals surface area contributed by atoms with Crippen LogP contribution in [0.5, 0.6) is 0 Å². The van der Waals surface area contributed by atoms with E-state index in [9.17, 15) is 9.59 Å². The molecule has 1 aromatic carbocycles. The zero-order valence-electron chi connectivity index (χ0n) is 9.30. The fourth-order valence-electron chi connectivity index (χ4n) is 1.76. The largest absolute Gasteiger partial charge is 0.372 e. The lowest BCUT2D eigenvalue weighted by atomic mass is 10.1. The SMILES string of the molecule is CN1C(=O)CC(Nc2ccccc2C#N)C1=O. The Bertz CT molecular complexity index is 519. The Kier molecular flexibility index (Phi) is 2.79. The van der Waals surface area contributed by atoms with E-state index in [1.165, 1.54) is 7.05 Å². The van der Waals surface area contributed by atoms with Gasteiger partial charge in [-0.1, -0.05) is 12.1 Å². The molecule has 1 aromatic rings. The Morgan fingerprint density at radius 2 is 2.12 bits per heavy atom. The first-order chi connectivity index (χ1) is 8.13.